The van der Waals surface area contributed by atoms with Crippen LogP contribution in [0.4, 0.5) is 0 Å². The van der Waals surface area contributed by atoms with Crippen LogP contribution in [0, 0.1) is 23.2 Å². The maximum atomic E-state index is 9.58. The van der Waals surface area contributed by atoms with E-state index in [9.17, 15) is 5.26 Å². The number of rotatable bonds is 6. The van der Waals surface area contributed by atoms with Crippen molar-refractivity contribution in [3.05, 3.63) is 174 Å². The molecule has 12 rings (SSSR count). The van der Waals surface area contributed by atoms with Gasteiger partial charge in [-0.3, -0.25) is 0 Å². The summed E-state index contributed by atoms with van der Waals surface area (Å²) in [5.74, 6) is 3.59. The van der Waals surface area contributed by atoms with Crippen molar-refractivity contribution in [1.82, 2.24) is 15.0 Å². The minimum Gasteiger partial charge on any atom is -0.208 e. The third kappa shape index (κ3) is 5.45. The smallest absolute Gasteiger partial charge is 0.164 e. The Bertz CT molecular complexity index is 2820. The van der Waals surface area contributed by atoms with E-state index in [1.165, 1.54) is 66.2 Å². The van der Waals surface area contributed by atoms with Gasteiger partial charge in [0.15, 0.2) is 17.5 Å². The van der Waals surface area contributed by atoms with E-state index in [2.05, 4.69) is 133 Å². The lowest BCUT2D eigenvalue weighted by molar-refractivity contribution is -0.0281. The molecule has 0 amide bonds. The standard InChI is InChI=1S/C52H40N4/c53-32-42-13-6-12-41-27-40(20-25-45(41)42)36-16-21-43(22-17-36)51-28-34-26-35(29-51)31-52(30-34,33-51)44-23-18-39(19-24-44)49-54-48(38-9-2-1-3-10-38)55-50(56-49)47-15-7-11-37-8-4-5-14-46(37)47/h1-25,27,34-35H,26,28-31,33H2. The zero-order chi connectivity index (χ0) is 37.3. The molecule has 4 heteroatoms. The quantitative estimate of drug-likeness (QED) is 0.172. The minimum atomic E-state index is 0.181. The highest BCUT2D eigenvalue weighted by Crippen LogP contribution is 2.66. The van der Waals surface area contributed by atoms with Gasteiger partial charge in [0.1, 0.15) is 0 Å². The zero-order valence-corrected chi connectivity index (χ0v) is 31.2. The van der Waals surface area contributed by atoms with Crippen molar-refractivity contribution in [3.63, 3.8) is 0 Å². The fraction of sp³-hybridized carbons (Fsp3) is 0.192. The molecule has 4 saturated carbocycles. The molecule has 4 aliphatic rings. The van der Waals surface area contributed by atoms with Gasteiger partial charge in [0, 0.05) is 16.7 Å². The number of hydrogen-bond acceptors (Lipinski definition) is 4. The summed E-state index contributed by atoms with van der Waals surface area (Å²) < 4.78 is 0. The highest BCUT2D eigenvalue weighted by Gasteiger charge is 2.58. The van der Waals surface area contributed by atoms with Crippen LogP contribution in [0.5, 0.6) is 0 Å². The third-order valence-electron chi connectivity index (χ3n) is 13.3. The molecule has 1 heterocycles. The predicted molar refractivity (Wildman–Crippen MR) is 226 cm³/mol. The molecule has 0 N–H and O–H groups in total. The van der Waals surface area contributed by atoms with Crippen molar-refractivity contribution in [1.29, 1.82) is 5.26 Å². The molecular weight excluding hydrogens is 681 g/mol. The van der Waals surface area contributed by atoms with Crippen LogP contribution < -0.4 is 0 Å². The predicted octanol–water partition coefficient (Wildman–Crippen LogP) is 12.5. The fourth-order valence-corrected chi connectivity index (χ4v) is 11.3. The van der Waals surface area contributed by atoms with E-state index in [4.69, 9.17) is 15.0 Å². The summed E-state index contributed by atoms with van der Waals surface area (Å²) in [6.45, 7) is 0. The first-order chi connectivity index (χ1) is 27.5. The summed E-state index contributed by atoms with van der Waals surface area (Å²) >= 11 is 0. The first-order valence-corrected chi connectivity index (χ1v) is 20.0. The summed E-state index contributed by atoms with van der Waals surface area (Å²) in [4.78, 5) is 15.2. The maximum absolute atomic E-state index is 9.58. The lowest BCUT2D eigenvalue weighted by Crippen LogP contribution is -2.55. The summed E-state index contributed by atoms with van der Waals surface area (Å²) in [5, 5.41) is 14.0. The van der Waals surface area contributed by atoms with Gasteiger partial charge in [-0.25, -0.2) is 15.0 Å². The molecule has 1 aromatic heterocycles. The van der Waals surface area contributed by atoms with Gasteiger partial charge in [-0.2, -0.15) is 5.26 Å². The van der Waals surface area contributed by atoms with Gasteiger partial charge in [-0.05, 0) is 117 Å². The van der Waals surface area contributed by atoms with Crippen molar-refractivity contribution in [2.45, 2.75) is 49.4 Å². The van der Waals surface area contributed by atoms with Gasteiger partial charge in [0.25, 0.3) is 0 Å². The van der Waals surface area contributed by atoms with Gasteiger partial charge >= 0.3 is 0 Å². The van der Waals surface area contributed by atoms with E-state index >= 15 is 0 Å². The zero-order valence-electron chi connectivity index (χ0n) is 31.2. The largest absolute Gasteiger partial charge is 0.208 e. The van der Waals surface area contributed by atoms with E-state index in [1.807, 2.05) is 30.3 Å². The van der Waals surface area contributed by atoms with Gasteiger partial charge in [-0.15, -0.1) is 0 Å². The summed E-state index contributed by atoms with van der Waals surface area (Å²) in [6.07, 6.45) is 7.71. The Labute approximate surface area is 327 Å². The SMILES string of the molecule is N#Cc1cccc2cc(-c3ccc(C45CC6CC(C4)CC(c4ccc(-c7nc(-c8ccccc8)nc(-c8cccc9ccccc89)n7)cc4)(C6)C5)cc3)ccc12. The minimum absolute atomic E-state index is 0.181. The first kappa shape index (κ1) is 32.9. The third-order valence-corrected chi connectivity index (χ3v) is 13.3. The Morgan fingerprint density at radius 1 is 0.464 bits per heavy atom. The van der Waals surface area contributed by atoms with Gasteiger partial charge < -0.3 is 0 Å². The number of hydrogen-bond donors (Lipinski definition) is 0. The number of nitrogens with zero attached hydrogens (tertiary/aromatic N) is 4. The van der Waals surface area contributed by atoms with E-state index < -0.39 is 0 Å². The lowest BCUT2D eigenvalue weighted by atomic mass is 9.41. The Balaban J connectivity index is 0.924. The number of benzene rings is 7. The van der Waals surface area contributed by atoms with Gasteiger partial charge in [0.05, 0.1) is 11.6 Å². The molecule has 0 radical (unpaired) electrons. The van der Waals surface area contributed by atoms with Crippen LogP contribution in [0.2, 0.25) is 0 Å². The van der Waals surface area contributed by atoms with Crippen molar-refractivity contribution < 1.29 is 0 Å². The number of nitriles is 1. The summed E-state index contributed by atoms with van der Waals surface area (Å²) in [7, 11) is 0. The van der Waals surface area contributed by atoms with Crippen LogP contribution in [0.1, 0.15) is 55.2 Å². The van der Waals surface area contributed by atoms with Crippen molar-refractivity contribution >= 4 is 21.5 Å². The van der Waals surface area contributed by atoms with E-state index in [0.717, 1.165) is 50.2 Å². The molecule has 2 unspecified atom stereocenters. The average Bonchev–Trinajstić information content (AvgIpc) is 3.25. The summed E-state index contributed by atoms with van der Waals surface area (Å²) in [5.41, 5.74) is 9.51. The topological polar surface area (TPSA) is 62.5 Å². The Morgan fingerprint density at radius 2 is 1.02 bits per heavy atom. The van der Waals surface area contributed by atoms with Crippen LogP contribution in [0.25, 0.3) is 66.8 Å². The van der Waals surface area contributed by atoms with Crippen LogP contribution in [0.3, 0.4) is 0 Å². The molecule has 8 aromatic rings. The molecule has 268 valence electrons. The van der Waals surface area contributed by atoms with Crippen molar-refractivity contribution in [2.75, 3.05) is 0 Å². The highest BCUT2D eigenvalue weighted by molar-refractivity contribution is 5.95. The molecule has 2 atom stereocenters. The van der Waals surface area contributed by atoms with Crippen molar-refractivity contribution in [3.8, 4) is 51.4 Å². The molecule has 4 aliphatic carbocycles. The molecule has 4 nitrogen and oxygen atoms in total. The molecular formula is C52H40N4. The lowest BCUT2D eigenvalue weighted by Gasteiger charge is -2.63. The second-order valence-electron chi connectivity index (χ2n) is 16.7. The summed E-state index contributed by atoms with van der Waals surface area (Å²) in [6, 6.07) is 58.6. The van der Waals surface area contributed by atoms with E-state index in [1.54, 1.807) is 0 Å². The normalized spacial score (nSPS) is 22.3. The fourth-order valence-electron chi connectivity index (χ4n) is 11.3. The molecule has 56 heavy (non-hydrogen) atoms. The molecule has 0 saturated heterocycles. The molecule has 0 spiro atoms. The molecule has 4 fully saturated rings. The monoisotopic (exact) mass is 720 g/mol. The Hall–Kier alpha value is -6.44. The van der Waals surface area contributed by atoms with Crippen LogP contribution in [-0.4, -0.2) is 15.0 Å². The van der Waals surface area contributed by atoms with Crippen LogP contribution in [0.15, 0.2) is 158 Å². The molecule has 7 aromatic carbocycles. The molecule has 0 aliphatic heterocycles. The Morgan fingerprint density at radius 3 is 1.71 bits per heavy atom. The van der Waals surface area contributed by atoms with Crippen molar-refractivity contribution in [2.24, 2.45) is 11.8 Å². The van der Waals surface area contributed by atoms with E-state index in [-0.39, 0.29) is 10.8 Å². The van der Waals surface area contributed by atoms with E-state index in [0.29, 0.717) is 17.5 Å². The molecule has 4 bridgehead atoms. The highest BCUT2D eigenvalue weighted by atomic mass is 15.0. The van der Waals surface area contributed by atoms with Crippen LogP contribution in [-0.2, 0) is 10.8 Å². The average molecular weight is 721 g/mol. The Kier molecular flexibility index (Phi) is 7.54. The van der Waals surface area contributed by atoms with Gasteiger partial charge in [0.2, 0.25) is 0 Å². The van der Waals surface area contributed by atoms with Gasteiger partial charge in [-0.1, -0.05) is 146 Å². The second-order valence-corrected chi connectivity index (χ2v) is 16.7. The van der Waals surface area contributed by atoms with Crippen LogP contribution >= 0.6 is 0 Å². The number of aromatic nitrogens is 3. The number of fused-ring (bicyclic) bond motifs is 2. The maximum Gasteiger partial charge on any atom is 0.164 e. The second kappa shape index (κ2) is 12.8. The first-order valence-electron chi connectivity index (χ1n) is 20.0.